The summed E-state index contributed by atoms with van der Waals surface area (Å²) in [5.74, 6) is 0. The van der Waals surface area contributed by atoms with Crippen molar-refractivity contribution in [2.75, 3.05) is 35.6 Å². The number of nitrogens with one attached hydrogen (secondary N) is 3. The molecule has 3 nitrogen and oxygen atoms in total. The molecule has 3 heteroatoms. The fourth-order valence-electron chi connectivity index (χ4n) is 11.2. The number of benzene rings is 6. The van der Waals surface area contributed by atoms with Gasteiger partial charge in [-0.15, -0.1) is 0 Å². The Morgan fingerprint density at radius 1 is 0.221 bits per heavy atom. The van der Waals surface area contributed by atoms with Gasteiger partial charge in [0.1, 0.15) is 0 Å². The van der Waals surface area contributed by atoms with Crippen molar-refractivity contribution in [1.29, 1.82) is 0 Å². The predicted octanol–water partition coefficient (Wildman–Crippen LogP) is 23.6. The van der Waals surface area contributed by atoms with E-state index in [0.717, 1.165) is 19.6 Å². The lowest BCUT2D eigenvalue weighted by Gasteiger charge is -2.17. The molecule has 77 heavy (non-hydrogen) atoms. The number of anilines is 3. The fourth-order valence-corrected chi connectivity index (χ4v) is 11.2. The smallest absolute Gasteiger partial charge is 0.0426 e. The van der Waals surface area contributed by atoms with Crippen LogP contribution in [0.15, 0.2) is 127 Å². The highest BCUT2D eigenvalue weighted by Gasteiger charge is 2.13. The molecule has 0 radical (unpaired) electrons. The first kappa shape index (κ1) is 60.9. The van der Waals surface area contributed by atoms with Gasteiger partial charge in [0.25, 0.3) is 0 Å². The minimum absolute atomic E-state index is 0.980. The molecule has 3 N–H and O–H groups in total. The van der Waals surface area contributed by atoms with Crippen LogP contribution >= 0.6 is 0 Å². The van der Waals surface area contributed by atoms with Crippen LogP contribution in [0.4, 0.5) is 17.1 Å². The Labute approximate surface area is 471 Å². The molecule has 0 amide bonds. The van der Waals surface area contributed by atoms with Gasteiger partial charge in [0.2, 0.25) is 0 Å². The summed E-state index contributed by atoms with van der Waals surface area (Å²) in [6.45, 7) is 14.3. The van der Waals surface area contributed by atoms with Crippen molar-refractivity contribution in [1.82, 2.24) is 0 Å². The quantitative estimate of drug-likeness (QED) is 0.0335. The van der Waals surface area contributed by atoms with Crippen LogP contribution in [0.1, 0.15) is 225 Å². The molecule has 0 spiro atoms. The van der Waals surface area contributed by atoms with E-state index < -0.39 is 0 Å². The Balaban J connectivity index is 1.14. The predicted molar refractivity (Wildman–Crippen MR) is 344 cm³/mol. The summed E-state index contributed by atoms with van der Waals surface area (Å²) in [6.07, 6.45) is 40.6. The van der Waals surface area contributed by atoms with E-state index in [2.05, 4.69) is 178 Å². The van der Waals surface area contributed by atoms with Gasteiger partial charge in [0.05, 0.1) is 0 Å². The van der Waals surface area contributed by atoms with Crippen LogP contribution in [0.5, 0.6) is 0 Å². The van der Waals surface area contributed by atoms with Crippen molar-refractivity contribution >= 4 is 17.1 Å². The average molecular weight is 1040 g/mol. The molecule has 0 saturated carbocycles. The highest BCUT2D eigenvalue weighted by molar-refractivity contribution is 5.87. The van der Waals surface area contributed by atoms with Crippen molar-refractivity contribution < 1.29 is 0 Å². The van der Waals surface area contributed by atoms with Crippen molar-refractivity contribution in [2.45, 2.75) is 227 Å². The zero-order valence-corrected chi connectivity index (χ0v) is 49.5. The summed E-state index contributed by atoms with van der Waals surface area (Å²) in [6, 6.07) is 48.6. The van der Waals surface area contributed by atoms with Crippen LogP contribution in [0, 0.1) is 13.8 Å². The molecule has 0 saturated heterocycles. The largest absolute Gasteiger partial charge is 0.385 e. The monoisotopic (exact) mass is 1040 g/mol. The van der Waals surface area contributed by atoms with Crippen LogP contribution in [0.2, 0.25) is 0 Å². The summed E-state index contributed by atoms with van der Waals surface area (Å²) < 4.78 is 0. The summed E-state index contributed by atoms with van der Waals surface area (Å²) >= 11 is 0. The van der Waals surface area contributed by atoms with Gasteiger partial charge in [-0.3, -0.25) is 0 Å². The van der Waals surface area contributed by atoms with Gasteiger partial charge in [-0.2, -0.15) is 0 Å². The van der Waals surface area contributed by atoms with E-state index in [-0.39, 0.29) is 0 Å². The van der Waals surface area contributed by atoms with Gasteiger partial charge in [-0.25, -0.2) is 0 Å². The normalized spacial score (nSPS) is 11.3. The molecule has 6 aromatic rings. The van der Waals surface area contributed by atoms with Crippen molar-refractivity contribution in [2.24, 2.45) is 0 Å². The number of unbranched alkanes of at least 4 members (excludes halogenated alkanes) is 27. The molecule has 0 unspecified atom stereocenters. The molecule has 0 fully saturated rings. The molecule has 0 bridgehead atoms. The SMILES string of the molecule is CCCCCCCCCCCCNc1cc(C)ccc1-c1ccc(-c2ccc(-c3ccc(-c4ccc(-c5ccc(C)cc5)cc4NCCCCCCCCCCCC)cc3)c(NCCCCCCCCCCCC)c2)cc1. The Morgan fingerprint density at radius 2 is 0.455 bits per heavy atom. The average Bonchev–Trinajstić information content (AvgIpc) is 3.46. The van der Waals surface area contributed by atoms with Crippen molar-refractivity contribution in [3.05, 3.63) is 139 Å². The third-order valence-electron chi connectivity index (χ3n) is 16.2. The van der Waals surface area contributed by atoms with Crippen LogP contribution < -0.4 is 16.0 Å². The second-order valence-corrected chi connectivity index (χ2v) is 22.9. The summed E-state index contributed by atoms with van der Waals surface area (Å²) in [4.78, 5) is 0. The molecule has 0 atom stereocenters. The van der Waals surface area contributed by atoms with Crippen LogP contribution in [-0.2, 0) is 0 Å². The van der Waals surface area contributed by atoms with Gasteiger partial charge >= 0.3 is 0 Å². The number of hydrogen-bond donors (Lipinski definition) is 3. The summed E-state index contributed by atoms with van der Waals surface area (Å²) in [5.41, 5.74) is 18.9. The molecule has 0 heterocycles. The first-order valence-corrected chi connectivity index (χ1v) is 31.9. The Bertz CT molecular complexity index is 2480. The van der Waals surface area contributed by atoms with Crippen LogP contribution in [0.3, 0.4) is 0 Å². The van der Waals surface area contributed by atoms with Crippen molar-refractivity contribution in [3.8, 4) is 55.6 Å². The zero-order chi connectivity index (χ0) is 54.0. The van der Waals surface area contributed by atoms with Crippen molar-refractivity contribution in [3.63, 3.8) is 0 Å². The maximum atomic E-state index is 3.96. The van der Waals surface area contributed by atoms with Gasteiger partial charge in [-0.05, 0) is 95.8 Å². The van der Waals surface area contributed by atoms with Crippen LogP contribution in [0.25, 0.3) is 55.6 Å². The standard InChI is InChI=1S/C74H105N3/c1-6-9-12-15-18-21-24-27-30-33-54-75-72-57-61(5)38-51-69(72)64-43-41-63(42-44-64)68-50-53-71(74(59-68)77-56-35-32-29-26-23-20-17-14-11-8-3)66-47-45-65(46-48-66)70-52-49-67(62-39-36-60(4)37-40-62)58-73(70)76-55-34-31-28-25-22-19-16-13-10-7-2/h36-53,57-59,75-77H,6-35,54-56H2,1-5H3. The van der Waals surface area contributed by atoms with E-state index in [1.807, 2.05) is 0 Å². The summed E-state index contributed by atoms with van der Waals surface area (Å²) in [5, 5.41) is 11.7. The topological polar surface area (TPSA) is 36.1 Å². The first-order chi connectivity index (χ1) is 38.0. The molecular weight excluding hydrogens is 931 g/mol. The van der Waals surface area contributed by atoms with E-state index in [0.29, 0.717) is 0 Å². The van der Waals surface area contributed by atoms with Crippen LogP contribution in [-0.4, -0.2) is 19.6 Å². The third-order valence-corrected chi connectivity index (χ3v) is 16.2. The maximum absolute atomic E-state index is 3.96. The van der Waals surface area contributed by atoms with Gasteiger partial charge in [0.15, 0.2) is 0 Å². The number of hydrogen-bond acceptors (Lipinski definition) is 3. The molecule has 0 aromatic heterocycles. The number of aryl methyl sites for hydroxylation is 2. The van der Waals surface area contributed by atoms with Gasteiger partial charge in [0, 0.05) is 53.4 Å². The summed E-state index contributed by atoms with van der Waals surface area (Å²) in [7, 11) is 0. The van der Waals surface area contributed by atoms with E-state index in [1.165, 1.54) is 276 Å². The maximum Gasteiger partial charge on any atom is 0.0426 e. The highest BCUT2D eigenvalue weighted by atomic mass is 14.9. The number of rotatable bonds is 41. The van der Waals surface area contributed by atoms with Gasteiger partial charge in [-0.1, -0.05) is 309 Å². The highest BCUT2D eigenvalue weighted by Crippen LogP contribution is 2.38. The fraction of sp³-hybridized carbons (Fsp3) is 0.514. The molecule has 6 rings (SSSR count). The minimum Gasteiger partial charge on any atom is -0.385 e. The third kappa shape index (κ3) is 22.2. The Hall–Kier alpha value is -5.28. The Morgan fingerprint density at radius 3 is 0.779 bits per heavy atom. The lowest BCUT2D eigenvalue weighted by Crippen LogP contribution is -2.04. The van der Waals surface area contributed by atoms with Gasteiger partial charge < -0.3 is 16.0 Å². The minimum atomic E-state index is 0.980. The molecule has 0 aliphatic rings. The molecule has 6 aromatic carbocycles. The molecular formula is C74H105N3. The van der Waals surface area contributed by atoms with E-state index >= 15 is 0 Å². The van der Waals surface area contributed by atoms with E-state index in [1.54, 1.807) is 0 Å². The first-order valence-electron chi connectivity index (χ1n) is 31.9. The zero-order valence-electron chi connectivity index (χ0n) is 49.5. The molecule has 416 valence electrons. The lowest BCUT2D eigenvalue weighted by molar-refractivity contribution is 0.560. The molecule has 0 aliphatic heterocycles. The van der Waals surface area contributed by atoms with E-state index in [9.17, 15) is 0 Å². The lowest BCUT2D eigenvalue weighted by atomic mass is 9.94. The second kappa shape index (κ2) is 36.7. The van der Waals surface area contributed by atoms with E-state index in [4.69, 9.17) is 0 Å². The Kier molecular flexibility index (Phi) is 29.1. The molecule has 0 aliphatic carbocycles. The second-order valence-electron chi connectivity index (χ2n) is 22.9.